The van der Waals surface area contributed by atoms with E-state index in [9.17, 15) is 14.3 Å². The van der Waals surface area contributed by atoms with Crippen molar-refractivity contribution in [1.29, 1.82) is 0 Å². The van der Waals surface area contributed by atoms with Crippen LogP contribution in [0.2, 0.25) is 0 Å². The van der Waals surface area contributed by atoms with E-state index in [1.807, 2.05) is 13.8 Å². The predicted octanol–water partition coefficient (Wildman–Crippen LogP) is 4.64. The molecule has 0 bridgehead atoms. The Labute approximate surface area is 187 Å². The second kappa shape index (κ2) is 7.65. The van der Waals surface area contributed by atoms with Crippen LogP contribution in [0.5, 0.6) is 5.75 Å². The van der Waals surface area contributed by atoms with Gasteiger partial charge in [0, 0.05) is 6.07 Å². The molecule has 1 aromatic carbocycles. The van der Waals surface area contributed by atoms with Gasteiger partial charge in [0.1, 0.15) is 45.6 Å². The monoisotopic (exact) mass is 459 g/mol. The molecule has 3 unspecified atom stereocenters. The third-order valence-electron chi connectivity index (χ3n) is 5.72. The van der Waals surface area contributed by atoms with E-state index in [0.717, 1.165) is 24.2 Å². The molecule has 32 heavy (non-hydrogen) atoms. The van der Waals surface area contributed by atoms with E-state index in [0.29, 0.717) is 33.0 Å². The van der Waals surface area contributed by atoms with Crippen molar-refractivity contribution in [3.05, 3.63) is 40.8 Å². The number of nitrogens with zero attached hydrogens (tertiary/aromatic N) is 2. The number of rotatable bonds is 5. The number of ether oxygens (including phenoxy) is 3. The van der Waals surface area contributed by atoms with Crippen LogP contribution in [0.15, 0.2) is 24.5 Å². The fourth-order valence-corrected chi connectivity index (χ4v) is 5.37. The molecular formula is C22H22FN3O5S. The van der Waals surface area contributed by atoms with E-state index < -0.39 is 17.6 Å². The van der Waals surface area contributed by atoms with Crippen molar-refractivity contribution in [2.75, 3.05) is 5.32 Å². The van der Waals surface area contributed by atoms with Gasteiger partial charge in [0.15, 0.2) is 5.79 Å². The molecule has 2 aromatic heterocycles. The number of fused-ring (bicyclic) bond motifs is 2. The van der Waals surface area contributed by atoms with Crippen molar-refractivity contribution < 1.29 is 28.5 Å². The summed E-state index contributed by atoms with van der Waals surface area (Å²) >= 11 is 1.09. The summed E-state index contributed by atoms with van der Waals surface area (Å²) < 4.78 is 32.2. The second-order valence-corrected chi connectivity index (χ2v) is 9.40. The van der Waals surface area contributed by atoms with E-state index in [1.54, 1.807) is 13.0 Å². The van der Waals surface area contributed by atoms with Crippen LogP contribution in [0.3, 0.4) is 0 Å². The minimum Gasteiger partial charge on any atom is -0.485 e. The van der Waals surface area contributed by atoms with Gasteiger partial charge in [-0.3, -0.25) is 0 Å². The molecule has 0 spiro atoms. The molecule has 1 aliphatic carbocycles. The molecule has 5 rings (SSSR count). The molecule has 0 radical (unpaired) electrons. The lowest BCUT2D eigenvalue weighted by atomic mass is 10.2. The standard InChI is InChI=1S/C22H22FN3O5S/c1-10-16-19(24-9-25-20(16)32-18(10)21(27)28)26-12-5-4-11(23)8-15(12)29-13-6-7-14-17(13)31-22(2,3)30-14/h4-5,8-9,13-14,17H,6-7H2,1-3H3,(H,27,28)(H,24,25,26). The number of hydrogen-bond acceptors (Lipinski definition) is 8. The largest absolute Gasteiger partial charge is 0.485 e. The molecule has 1 saturated carbocycles. The maximum Gasteiger partial charge on any atom is 0.346 e. The number of carboxylic acid groups (broad SMARTS) is 1. The number of benzene rings is 1. The summed E-state index contributed by atoms with van der Waals surface area (Å²) in [6.07, 6.45) is 2.33. The first kappa shape index (κ1) is 21.0. The first-order chi connectivity index (χ1) is 15.2. The number of nitrogens with one attached hydrogen (secondary N) is 1. The maximum atomic E-state index is 14.1. The molecule has 2 fully saturated rings. The topological polar surface area (TPSA) is 103 Å². The smallest absolute Gasteiger partial charge is 0.346 e. The number of aromatic carboxylic acids is 1. The van der Waals surface area contributed by atoms with Crippen molar-refractivity contribution in [3.8, 4) is 5.75 Å². The van der Waals surface area contributed by atoms with Crippen molar-refractivity contribution in [2.24, 2.45) is 0 Å². The Morgan fingerprint density at radius 2 is 2.12 bits per heavy atom. The molecule has 2 N–H and O–H groups in total. The molecular weight excluding hydrogens is 437 g/mol. The molecule has 10 heteroatoms. The number of thiophene rings is 1. The number of carbonyl (C=O) groups is 1. The Bertz CT molecular complexity index is 1210. The summed E-state index contributed by atoms with van der Waals surface area (Å²) in [4.78, 5) is 20.8. The zero-order valence-corrected chi connectivity index (χ0v) is 18.5. The number of hydrogen-bond donors (Lipinski definition) is 2. The van der Waals surface area contributed by atoms with Crippen LogP contribution in [0.1, 0.15) is 41.9 Å². The molecule has 3 heterocycles. The van der Waals surface area contributed by atoms with Crippen molar-refractivity contribution >= 4 is 39.0 Å². The predicted molar refractivity (Wildman–Crippen MR) is 116 cm³/mol. The number of halogens is 1. The Balaban J connectivity index is 1.47. The first-order valence-corrected chi connectivity index (χ1v) is 11.1. The van der Waals surface area contributed by atoms with Gasteiger partial charge in [0.05, 0.1) is 17.2 Å². The van der Waals surface area contributed by atoms with Crippen molar-refractivity contribution in [2.45, 2.75) is 57.7 Å². The van der Waals surface area contributed by atoms with Crippen LogP contribution in [-0.2, 0) is 9.47 Å². The van der Waals surface area contributed by atoms with Gasteiger partial charge in [0.2, 0.25) is 0 Å². The van der Waals surface area contributed by atoms with E-state index in [1.165, 1.54) is 18.5 Å². The quantitative estimate of drug-likeness (QED) is 0.569. The van der Waals surface area contributed by atoms with Crippen LogP contribution in [0, 0.1) is 12.7 Å². The summed E-state index contributed by atoms with van der Waals surface area (Å²) in [6.45, 7) is 5.45. The lowest BCUT2D eigenvalue weighted by Gasteiger charge is -2.24. The fraction of sp³-hybridized carbons (Fsp3) is 0.409. The van der Waals surface area contributed by atoms with Gasteiger partial charge < -0.3 is 24.6 Å². The summed E-state index contributed by atoms with van der Waals surface area (Å²) in [7, 11) is 0. The van der Waals surface area contributed by atoms with Crippen molar-refractivity contribution in [1.82, 2.24) is 9.97 Å². The highest BCUT2D eigenvalue weighted by atomic mass is 32.1. The SMILES string of the molecule is Cc1c(C(=O)O)sc2ncnc(Nc3ccc(F)cc3OC3CCC4OC(C)(C)OC34)c12. The average Bonchev–Trinajstić information content (AvgIpc) is 3.35. The molecule has 1 aliphatic heterocycles. The molecule has 3 atom stereocenters. The van der Waals surface area contributed by atoms with Crippen LogP contribution in [0.4, 0.5) is 15.9 Å². The van der Waals surface area contributed by atoms with Gasteiger partial charge >= 0.3 is 5.97 Å². The summed E-state index contributed by atoms with van der Waals surface area (Å²) in [5.41, 5.74) is 1.08. The Hall–Kier alpha value is -2.82. The minimum atomic E-state index is -1.01. The maximum absolute atomic E-state index is 14.1. The zero-order valence-electron chi connectivity index (χ0n) is 17.7. The van der Waals surface area contributed by atoms with Gasteiger partial charge in [-0.05, 0) is 51.3 Å². The number of aromatic nitrogens is 2. The lowest BCUT2D eigenvalue weighted by molar-refractivity contribution is -0.159. The van der Waals surface area contributed by atoms with E-state index in [4.69, 9.17) is 14.2 Å². The summed E-state index contributed by atoms with van der Waals surface area (Å²) in [5.74, 6) is -1.37. The van der Waals surface area contributed by atoms with Gasteiger partial charge in [-0.25, -0.2) is 19.2 Å². The Morgan fingerprint density at radius 1 is 1.31 bits per heavy atom. The van der Waals surface area contributed by atoms with Crippen molar-refractivity contribution in [3.63, 3.8) is 0 Å². The molecule has 8 nitrogen and oxygen atoms in total. The second-order valence-electron chi connectivity index (χ2n) is 8.40. The van der Waals surface area contributed by atoms with Crippen LogP contribution < -0.4 is 10.1 Å². The van der Waals surface area contributed by atoms with Gasteiger partial charge in [0.25, 0.3) is 0 Å². The fourth-order valence-electron chi connectivity index (χ4n) is 4.38. The molecule has 168 valence electrons. The summed E-state index contributed by atoms with van der Waals surface area (Å²) in [6, 6.07) is 4.21. The summed E-state index contributed by atoms with van der Waals surface area (Å²) in [5, 5.41) is 13.2. The van der Waals surface area contributed by atoms with E-state index in [2.05, 4.69) is 15.3 Å². The molecule has 1 saturated heterocycles. The third kappa shape index (κ3) is 3.68. The van der Waals surface area contributed by atoms with Gasteiger partial charge in [-0.1, -0.05) is 0 Å². The first-order valence-electron chi connectivity index (χ1n) is 10.3. The Kier molecular flexibility index (Phi) is 5.03. The van der Waals surface area contributed by atoms with Gasteiger partial charge in [-0.15, -0.1) is 11.3 Å². The van der Waals surface area contributed by atoms with E-state index >= 15 is 0 Å². The zero-order chi connectivity index (χ0) is 22.6. The van der Waals surface area contributed by atoms with E-state index in [-0.39, 0.29) is 23.2 Å². The highest BCUT2D eigenvalue weighted by Gasteiger charge is 2.50. The minimum absolute atomic E-state index is 0.0515. The lowest BCUT2D eigenvalue weighted by Crippen LogP contribution is -2.33. The molecule has 0 amide bonds. The number of carboxylic acids is 1. The third-order valence-corrected chi connectivity index (χ3v) is 6.91. The van der Waals surface area contributed by atoms with Crippen LogP contribution in [0.25, 0.3) is 10.2 Å². The highest BCUT2D eigenvalue weighted by Crippen LogP contribution is 2.42. The van der Waals surface area contributed by atoms with Crippen LogP contribution >= 0.6 is 11.3 Å². The molecule has 2 aliphatic rings. The normalized spacial score (nSPS) is 23.9. The molecule has 3 aromatic rings. The van der Waals surface area contributed by atoms with Gasteiger partial charge in [-0.2, -0.15) is 0 Å². The Morgan fingerprint density at radius 3 is 2.91 bits per heavy atom. The average molecular weight is 459 g/mol. The number of aryl methyl sites for hydroxylation is 1. The van der Waals surface area contributed by atoms with Crippen LogP contribution in [-0.4, -0.2) is 45.1 Å². The highest BCUT2D eigenvalue weighted by molar-refractivity contribution is 7.20. The number of anilines is 2.